The average Bonchev–Trinajstić information content (AvgIpc) is 3.35. The molecule has 0 saturated carbocycles. The van der Waals surface area contributed by atoms with Crippen LogP contribution >= 0.6 is 0 Å². The minimum Gasteiger partial charge on any atom is -0.394 e. The Bertz CT molecular complexity index is 944. The van der Waals surface area contributed by atoms with Gasteiger partial charge in [0.25, 0.3) is 0 Å². The van der Waals surface area contributed by atoms with Gasteiger partial charge in [-0.05, 0) is 12.8 Å². The number of unbranched alkanes of at least 4 members (excludes halogenated alkanes) is 52. The zero-order valence-corrected chi connectivity index (χ0v) is 47.5. The Morgan fingerprint density at radius 3 is 0.696 bits per heavy atom. The van der Waals surface area contributed by atoms with Crippen LogP contribution in [-0.2, 0) is 4.79 Å². The second-order valence-electron chi connectivity index (χ2n) is 22.7. The van der Waals surface area contributed by atoms with Crippen LogP contribution in [0.5, 0.6) is 0 Å². The van der Waals surface area contributed by atoms with E-state index in [0.29, 0.717) is 12.8 Å². The number of aliphatic hydroxyl groups is 3. The Hall–Kier alpha value is -0.650. The maximum Gasteiger partial charge on any atom is 0.222 e. The fourth-order valence-electron chi connectivity index (χ4n) is 10.8. The van der Waals surface area contributed by atoms with Gasteiger partial charge in [0, 0.05) is 0 Å². The Morgan fingerprint density at radius 1 is 0.304 bits per heavy atom. The first kappa shape index (κ1) is 68.4. The van der Waals surface area contributed by atoms with Gasteiger partial charge in [-0.25, -0.2) is 0 Å². The van der Waals surface area contributed by atoms with Crippen LogP contribution in [0.3, 0.4) is 0 Å². The summed E-state index contributed by atoms with van der Waals surface area (Å²) in [6.07, 6.45) is 74.5. The predicted octanol–water partition coefficient (Wildman–Crippen LogP) is 20.5. The predicted molar refractivity (Wildman–Crippen MR) is 306 cm³/mol. The zero-order chi connectivity index (χ0) is 50.0. The van der Waals surface area contributed by atoms with Crippen molar-refractivity contribution in [2.75, 3.05) is 6.61 Å². The van der Waals surface area contributed by atoms with Crippen LogP contribution in [0.4, 0.5) is 0 Å². The number of hydrogen-bond donors (Lipinski definition) is 4. The first-order chi connectivity index (χ1) is 34.0. The monoisotopic (exact) mass is 976 g/mol. The lowest BCUT2D eigenvalue weighted by Crippen LogP contribution is -2.46. The molecule has 0 aromatic rings. The minimum absolute atomic E-state index is 0.0439. The van der Waals surface area contributed by atoms with Crippen molar-refractivity contribution in [1.29, 1.82) is 0 Å². The maximum atomic E-state index is 12.6. The summed E-state index contributed by atoms with van der Waals surface area (Å²) in [5.74, 6) is -0.273. The first-order valence-corrected chi connectivity index (χ1v) is 32.3. The Balaban J connectivity index is 3.43. The van der Waals surface area contributed by atoms with Crippen molar-refractivity contribution in [2.45, 2.75) is 398 Å². The van der Waals surface area contributed by atoms with Gasteiger partial charge in [0.1, 0.15) is 0 Å². The quantitative estimate of drug-likeness (QED) is 0.0457. The molecule has 4 N–H and O–H groups in total. The first-order valence-electron chi connectivity index (χ1n) is 32.3. The molecule has 3 atom stereocenters. The van der Waals surface area contributed by atoms with Crippen LogP contribution in [0, 0.1) is 0 Å². The van der Waals surface area contributed by atoms with Gasteiger partial charge in [-0.2, -0.15) is 0 Å². The molecule has 0 heterocycles. The van der Waals surface area contributed by atoms with E-state index in [1.807, 2.05) is 0 Å². The number of carbonyl (C=O) groups is 1. The van der Waals surface area contributed by atoms with Crippen LogP contribution in [0.25, 0.3) is 0 Å². The highest BCUT2D eigenvalue weighted by atomic mass is 16.3. The summed E-state index contributed by atoms with van der Waals surface area (Å²) in [4.78, 5) is 12.6. The van der Waals surface area contributed by atoms with Crippen LogP contribution in [0.1, 0.15) is 380 Å². The molecule has 414 valence electrons. The van der Waals surface area contributed by atoms with Crippen molar-refractivity contribution in [1.82, 2.24) is 5.32 Å². The van der Waals surface area contributed by atoms with Gasteiger partial charge >= 0.3 is 0 Å². The van der Waals surface area contributed by atoms with Gasteiger partial charge < -0.3 is 20.6 Å². The van der Waals surface area contributed by atoms with Gasteiger partial charge in [-0.15, -0.1) is 0 Å². The molecule has 0 aliphatic carbocycles. The van der Waals surface area contributed by atoms with Crippen molar-refractivity contribution < 1.29 is 20.1 Å². The fraction of sp³-hybridized carbons (Fsp3) is 0.984. The van der Waals surface area contributed by atoms with E-state index in [0.717, 1.165) is 25.7 Å². The van der Waals surface area contributed by atoms with E-state index in [1.54, 1.807) is 0 Å². The summed E-state index contributed by atoms with van der Waals surface area (Å²) in [5, 5.41) is 33.7. The Kier molecular flexibility index (Phi) is 59.3. The lowest BCUT2D eigenvalue weighted by Gasteiger charge is -2.23. The average molecular weight is 977 g/mol. The van der Waals surface area contributed by atoms with Gasteiger partial charge in [0.05, 0.1) is 31.3 Å². The minimum atomic E-state index is -0.746. The highest BCUT2D eigenvalue weighted by Gasteiger charge is 2.21. The third-order valence-electron chi connectivity index (χ3n) is 15.7. The molecule has 5 nitrogen and oxygen atoms in total. The largest absolute Gasteiger partial charge is 0.394 e. The molecular formula is C64H129NO4. The van der Waals surface area contributed by atoms with Gasteiger partial charge in [-0.1, -0.05) is 361 Å². The summed E-state index contributed by atoms with van der Waals surface area (Å²) in [5.41, 5.74) is 0. The molecule has 69 heavy (non-hydrogen) atoms. The van der Waals surface area contributed by atoms with E-state index in [2.05, 4.69) is 19.2 Å². The van der Waals surface area contributed by atoms with Crippen molar-refractivity contribution in [3.8, 4) is 0 Å². The molecule has 0 aromatic carbocycles. The molecule has 0 rings (SSSR count). The van der Waals surface area contributed by atoms with Crippen LogP contribution in [-0.4, -0.2) is 46.1 Å². The Morgan fingerprint density at radius 2 is 0.493 bits per heavy atom. The summed E-state index contributed by atoms with van der Waals surface area (Å²) < 4.78 is 0. The topological polar surface area (TPSA) is 89.8 Å². The molecule has 0 aliphatic rings. The summed E-state index contributed by atoms with van der Waals surface area (Å²) in [6.45, 7) is 4.32. The number of amides is 1. The molecular weight excluding hydrogens is 847 g/mol. The van der Waals surface area contributed by atoms with E-state index in [9.17, 15) is 20.1 Å². The molecule has 0 aliphatic heterocycles. The number of hydrogen-bond acceptors (Lipinski definition) is 4. The molecule has 0 radical (unpaired) electrons. The zero-order valence-electron chi connectivity index (χ0n) is 47.5. The Labute approximate surface area is 434 Å². The lowest BCUT2D eigenvalue weighted by molar-refractivity contribution is -0.125. The molecule has 0 fully saturated rings. The normalized spacial score (nSPS) is 13.1. The van der Waals surface area contributed by atoms with E-state index < -0.39 is 18.2 Å². The molecule has 0 bridgehead atoms. The highest BCUT2D eigenvalue weighted by molar-refractivity contribution is 5.76. The molecule has 0 aromatic heterocycles. The summed E-state index contributed by atoms with van der Waals surface area (Å²) >= 11 is 0. The van der Waals surface area contributed by atoms with Crippen molar-refractivity contribution in [3.63, 3.8) is 0 Å². The molecule has 3 unspecified atom stereocenters. The van der Waals surface area contributed by atoms with Gasteiger partial charge in [0.2, 0.25) is 5.91 Å². The molecule has 1 amide bonds. The smallest absolute Gasteiger partial charge is 0.222 e. The second-order valence-corrected chi connectivity index (χ2v) is 22.7. The number of nitrogens with one attached hydrogen (secondary N) is 1. The van der Waals surface area contributed by atoms with Gasteiger partial charge in [0.15, 0.2) is 0 Å². The second kappa shape index (κ2) is 59.9. The fourth-order valence-corrected chi connectivity index (χ4v) is 10.8. The standard InChI is InChI=1S/C64H129NO4/c1-3-5-7-9-11-13-15-17-19-21-23-25-26-27-28-29-30-31-32-33-34-35-36-38-39-41-43-45-47-49-51-53-55-57-61(67)59-64(69)65-62(60-66)63(68)58-56-54-52-50-48-46-44-42-40-37-24-22-20-18-16-14-12-10-8-6-4-2/h61-63,66-68H,3-60H2,1-2H3,(H,65,69). The van der Waals surface area contributed by atoms with Crippen LogP contribution < -0.4 is 5.32 Å². The van der Waals surface area contributed by atoms with Crippen molar-refractivity contribution in [2.24, 2.45) is 0 Å². The summed E-state index contributed by atoms with van der Waals surface area (Å²) in [7, 11) is 0. The number of rotatable bonds is 61. The highest BCUT2D eigenvalue weighted by Crippen LogP contribution is 2.20. The molecule has 5 heteroatoms. The molecule has 0 spiro atoms. The SMILES string of the molecule is CCCCCCCCCCCCCCCCCCCCCCCCCCCCCCCCCCCC(O)CC(=O)NC(CO)C(O)CCCCCCCCCCCCCCCCCCCCCCC. The van der Waals surface area contributed by atoms with Crippen molar-refractivity contribution in [3.05, 3.63) is 0 Å². The maximum absolute atomic E-state index is 12.6. The number of aliphatic hydroxyl groups excluding tert-OH is 3. The lowest BCUT2D eigenvalue weighted by atomic mass is 10.0. The third-order valence-corrected chi connectivity index (χ3v) is 15.7. The summed E-state index contributed by atoms with van der Waals surface area (Å²) in [6, 6.07) is -0.655. The van der Waals surface area contributed by atoms with E-state index in [-0.39, 0.29) is 18.9 Å². The van der Waals surface area contributed by atoms with E-state index >= 15 is 0 Å². The number of carbonyl (C=O) groups excluding carboxylic acids is 1. The van der Waals surface area contributed by atoms with E-state index in [1.165, 1.54) is 321 Å². The van der Waals surface area contributed by atoms with Crippen LogP contribution in [0.2, 0.25) is 0 Å². The van der Waals surface area contributed by atoms with Crippen LogP contribution in [0.15, 0.2) is 0 Å². The van der Waals surface area contributed by atoms with E-state index in [4.69, 9.17) is 0 Å². The van der Waals surface area contributed by atoms with Crippen molar-refractivity contribution >= 4 is 5.91 Å². The van der Waals surface area contributed by atoms with Gasteiger partial charge in [-0.3, -0.25) is 4.79 Å². The third kappa shape index (κ3) is 56.5. The molecule has 0 saturated heterocycles.